The Bertz CT molecular complexity index is 630. The van der Waals surface area contributed by atoms with Gasteiger partial charge in [0.25, 0.3) is 0 Å². The SMILES string of the molecule is CNC(Cc1cc(C)ccc1OC)c1cc(I)ccc1Br. The second-order valence-electron chi connectivity index (χ2n) is 5.03. The molecule has 4 heteroatoms. The summed E-state index contributed by atoms with van der Waals surface area (Å²) in [6, 6.07) is 13.0. The van der Waals surface area contributed by atoms with Crippen molar-refractivity contribution in [3.05, 3.63) is 61.1 Å². The molecule has 0 bridgehead atoms. The van der Waals surface area contributed by atoms with Gasteiger partial charge >= 0.3 is 0 Å². The third-order valence-corrected chi connectivity index (χ3v) is 4.94. The molecule has 0 spiro atoms. The molecule has 0 fully saturated rings. The molecule has 1 atom stereocenters. The van der Waals surface area contributed by atoms with E-state index in [9.17, 15) is 0 Å². The number of hydrogen-bond donors (Lipinski definition) is 1. The maximum atomic E-state index is 5.49. The van der Waals surface area contributed by atoms with Crippen molar-refractivity contribution < 1.29 is 4.74 Å². The van der Waals surface area contributed by atoms with Crippen molar-refractivity contribution in [3.63, 3.8) is 0 Å². The van der Waals surface area contributed by atoms with E-state index in [0.29, 0.717) is 0 Å². The first kappa shape index (κ1) is 16.8. The second-order valence-corrected chi connectivity index (χ2v) is 7.13. The zero-order valence-electron chi connectivity index (χ0n) is 12.4. The summed E-state index contributed by atoms with van der Waals surface area (Å²) in [6.45, 7) is 2.11. The standard InChI is InChI=1S/C17H19BrINO/c1-11-4-7-17(21-3)12(8-11)9-16(20-2)14-10-13(19)5-6-15(14)18/h4-8,10,16,20H,9H2,1-3H3. The van der Waals surface area contributed by atoms with Gasteiger partial charge in [0.05, 0.1) is 7.11 Å². The zero-order valence-corrected chi connectivity index (χ0v) is 16.2. The number of aryl methyl sites for hydroxylation is 1. The van der Waals surface area contributed by atoms with E-state index in [4.69, 9.17) is 4.74 Å². The third-order valence-electron chi connectivity index (χ3n) is 3.54. The van der Waals surface area contributed by atoms with Crippen LogP contribution in [-0.4, -0.2) is 14.2 Å². The van der Waals surface area contributed by atoms with Gasteiger partial charge in [-0.2, -0.15) is 0 Å². The summed E-state index contributed by atoms with van der Waals surface area (Å²) >= 11 is 6.01. The lowest BCUT2D eigenvalue weighted by atomic mass is 9.97. The number of ether oxygens (including phenoxy) is 1. The molecule has 2 nitrogen and oxygen atoms in total. The molecule has 1 N–H and O–H groups in total. The first-order valence-electron chi connectivity index (χ1n) is 6.81. The number of nitrogens with one attached hydrogen (secondary N) is 1. The molecule has 0 amide bonds. The Morgan fingerprint density at radius 1 is 1.24 bits per heavy atom. The normalized spacial score (nSPS) is 12.2. The highest BCUT2D eigenvalue weighted by Crippen LogP contribution is 2.30. The highest BCUT2D eigenvalue weighted by molar-refractivity contribution is 14.1. The number of methoxy groups -OCH3 is 1. The number of benzene rings is 2. The van der Waals surface area contributed by atoms with E-state index >= 15 is 0 Å². The molecule has 0 saturated carbocycles. The minimum absolute atomic E-state index is 0.241. The van der Waals surface area contributed by atoms with Crippen molar-refractivity contribution in [1.82, 2.24) is 5.32 Å². The van der Waals surface area contributed by atoms with Crippen molar-refractivity contribution in [2.24, 2.45) is 0 Å². The molecule has 2 aromatic rings. The fourth-order valence-corrected chi connectivity index (χ4v) is 3.47. The number of likely N-dealkylation sites (N-methyl/N-ethyl adjacent to an activating group) is 1. The van der Waals surface area contributed by atoms with Crippen LogP contribution in [0.3, 0.4) is 0 Å². The molecule has 0 saturated heterocycles. The van der Waals surface area contributed by atoms with Gasteiger partial charge in [-0.3, -0.25) is 0 Å². The first-order valence-corrected chi connectivity index (χ1v) is 8.68. The van der Waals surface area contributed by atoms with Crippen molar-refractivity contribution >= 4 is 38.5 Å². The highest BCUT2D eigenvalue weighted by atomic mass is 127. The van der Waals surface area contributed by atoms with Crippen LogP contribution in [0.1, 0.15) is 22.7 Å². The second kappa shape index (κ2) is 7.61. The van der Waals surface area contributed by atoms with Crippen LogP contribution in [0.15, 0.2) is 40.9 Å². The minimum Gasteiger partial charge on any atom is -0.496 e. The van der Waals surface area contributed by atoms with Gasteiger partial charge in [-0.05, 0) is 78.4 Å². The summed E-state index contributed by atoms with van der Waals surface area (Å²) in [7, 11) is 3.73. The summed E-state index contributed by atoms with van der Waals surface area (Å²) in [5.74, 6) is 0.947. The Morgan fingerprint density at radius 3 is 2.67 bits per heavy atom. The minimum atomic E-state index is 0.241. The van der Waals surface area contributed by atoms with Crippen LogP contribution in [0, 0.1) is 10.5 Å². The highest BCUT2D eigenvalue weighted by Gasteiger charge is 2.16. The van der Waals surface area contributed by atoms with Crippen molar-refractivity contribution in [2.45, 2.75) is 19.4 Å². The molecule has 0 aliphatic carbocycles. The molecule has 21 heavy (non-hydrogen) atoms. The van der Waals surface area contributed by atoms with Crippen LogP contribution < -0.4 is 10.1 Å². The number of halogens is 2. The number of rotatable bonds is 5. The third kappa shape index (κ3) is 4.20. The topological polar surface area (TPSA) is 21.3 Å². The first-order chi connectivity index (χ1) is 10.0. The molecule has 1 unspecified atom stereocenters. The Kier molecular flexibility index (Phi) is 6.08. The van der Waals surface area contributed by atoms with Gasteiger partial charge in [0, 0.05) is 14.1 Å². The molecule has 112 valence electrons. The van der Waals surface area contributed by atoms with E-state index < -0.39 is 0 Å². The fourth-order valence-electron chi connectivity index (χ4n) is 2.44. The van der Waals surface area contributed by atoms with Crippen molar-refractivity contribution in [2.75, 3.05) is 14.2 Å². The maximum Gasteiger partial charge on any atom is 0.122 e. The molecule has 0 aliphatic rings. The lowest BCUT2D eigenvalue weighted by Gasteiger charge is -2.20. The maximum absolute atomic E-state index is 5.49. The Balaban J connectivity index is 2.35. The summed E-state index contributed by atoms with van der Waals surface area (Å²) < 4.78 is 7.87. The van der Waals surface area contributed by atoms with Gasteiger partial charge < -0.3 is 10.1 Å². The molecule has 2 aromatic carbocycles. The largest absolute Gasteiger partial charge is 0.496 e. The van der Waals surface area contributed by atoms with Crippen molar-refractivity contribution in [3.8, 4) is 5.75 Å². The van der Waals surface area contributed by atoms with E-state index in [1.807, 2.05) is 13.1 Å². The average molecular weight is 460 g/mol. The monoisotopic (exact) mass is 459 g/mol. The van der Waals surface area contributed by atoms with Crippen LogP contribution in [0.5, 0.6) is 5.75 Å². The van der Waals surface area contributed by atoms with E-state index in [0.717, 1.165) is 16.6 Å². The van der Waals surface area contributed by atoms with Crippen LogP contribution >= 0.6 is 38.5 Å². The van der Waals surface area contributed by atoms with Crippen LogP contribution in [-0.2, 0) is 6.42 Å². The average Bonchev–Trinajstić information content (AvgIpc) is 2.47. The van der Waals surface area contributed by atoms with E-state index in [-0.39, 0.29) is 6.04 Å². The van der Waals surface area contributed by atoms with Gasteiger partial charge in [0.2, 0.25) is 0 Å². The Hall–Kier alpha value is -0.590. The molecule has 0 heterocycles. The van der Waals surface area contributed by atoms with E-state index in [1.54, 1.807) is 7.11 Å². The Morgan fingerprint density at radius 2 is 2.00 bits per heavy atom. The molecular weight excluding hydrogens is 441 g/mol. The van der Waals surface area contributed by atoms with Crippen LogP contribution in [0.4, 0.5) is 0 Å². The Labute approximate surface area is 148 Å². The predicted octanol–water partition coefficient (Wildman–Crippen LogP) is 4.87. The van der Waals surface area contributed by atoms with Crippen LogP contribution in [0.25, 0.3) is 0 Å². The molecule has 0 aromatic heterocycles. The number of hydrogen-bond acceptors (Lipinski definition) is 2. The molecule has 0 aliphatic heterocycles. The zero-order chi connectivity index (χ0) is 15.4. The van der Waals surface area contributed by atoms with Crippen LogP contribution in [0.2, 0.25) is 0 Å². The molecule has 0 radical (unpaired) electrons. The smallest absolute Gasteiger partial charge is 0.122 e. The summed E-state index contributed by atoms with van der Waals surface area (Å²) in [5.41, 5.74) is 3.75. The lowest BCUT2D eigenvalue weighted by molar-refractivity contribution is 0.406. The summed E-state index contributed by atoms with van der Waals surface area (Å²) in [5, 5.41) is 3.42. The predicted molar refractivity (Wildman–Crippen MR) is 100 cm³/mol. The molecule has 2 rings (SSSR count). The van der Waals surface area contributed by atoms with Gasteiger partial charge in [0.1, 0.15) is 5.75 Å². The molecular formula is C17H19BrINO. The van der Waals surface area contributed by atoms with E-state index in [1.165, 1.54) is 20.3 Å². The fraction of sp³-hybridized carbons (Fsp3) is 0.294. The van der Waals surface area contributed by atoms with E-state index in [2.05, 4.69) is 81.1 Å². The summed E-state index contributed by atoms with van der Waals surface area (Å²) in [4.78, 5) is 0. The summed E-state index contributed by atoms with van der Waals surface area (Å²) in [6.07, 6.45) is 0.889. The van der Waals surface area contributed by atoms with Crippen molar-refractivity contribution in [1.29, 1.82) is 0 Å². The van der Waals surface area contributed by atoms with Gasteiger partial charge in [-0.25, -0.2) is 0 Å². The quantitative estimate of drug-likeness (QED) is 0.643. The lowest BCUT2D eigenvalue weighted by Crippen LogP contribution is -2.20. The van der Waals surface area contributed by atoms with Gasteiger partial charge in [-0.1, -0.05) is 33.6 Å². The van der Waals surface area contributed by atoms with Gasteiger partial charge in [-0.15, -0.1) is 0 Å². The van der Waals surface area contributed by atoms with Gasteiger partial charge in [0.15, 0.2) is 0 Å².